The van der Waals surface area contributed by atoms with Gasteiger partial charge in [0.1, 0.15) is 0 Å². The lowest BCUT2D eigenvalue weighted by molar-refractivity contribution is -0.118. The monoisotopic (exact) mass is 364 g/mol. The topological polar surface area (TPSA) is 124 Å². The quantitative estimate of drug-likeness (QED) is 0.664. The lowest BCUT2D eigenvalue weighted by Gasteiger charge is -2.21. The van der Waals surface area contributed by atoms with Gasteiger partial charge in [-0.25, -0.2) is 16.8 Å². The summed E-state index contributed by atoms with van der Waals surface area (Å²) in [7, 11) is -6.27. The minimum absolute atomic E-state index is 0.0668. The Bertz CT molecular complexity index is 787. The number of sulfonamides is 1. The second-order valence-electron chi connectivity index (χ2n) is 5.00. The minimum Gasteiger partial charge on any atom is -0.383 e. The van der Waals surface area contributed by atoms with Gasteiger partial charge >= 0.3 is 0 Å². The normalized spacial score (nSPS) is 12.5. The molecular weight excluding hydrogens is 344 g/mol. The number of hydrogen-bond acceptors (Lipinski definition) is 6. The van der Waals surface area contributed by atoms with Crippen LogP contribution in [0, 0.1) is 6.92 Å². The van der Waals surface area contributed by atoms with E-state index in [-0.39, 0.29) is 22.9 Å². The molecule has 23 heavy (non-hydrogen) atoms. The van der Waals surface area contributed by atoms with Crippen LogP contribution in [-0.2, 0) is 29.4 Å². The Morgan fingerprint density at radius 2 is 1.87 bits per heavy atom. The first-order valence-electron chi connectivity index (χ1n) is 6.58. The molecule has 0 heterocycles. The fourth-order valence-electron chi connectivity index (χ4n) is 1.88. The van der Waals surface area contributed by atoms with Crippen LogP contribution in [0.4, 0.5) is 0 Å². The molecule has 0 atom stereocenters. The predicted octanol–water partition coefficient (Wildman–Crippen LogP) is -0.479. The molecule has 8 nitrogen and oxygen atoms in total. The number of methoxy groups -OCH3 is 1. The van der Waals surface area contributed by atoms with Crippen molar-refractivity contribution in [1.82, 2.24) is 4.31 Å². The van der Waals surface area contributed by atoms with E-state index in [1.165, 1.54) is 26.2 Å². The third-order valence-electron chi connectivity index (χ3n) is 3.08. The molecule has 0 saturated heterocycles. The summed E-state index contributed by atoms with van der Waals surface area (Å²) >= 11 is 0. The van der Waals surface area contributed by atoms with Crippen LogP contribution in [0.15, 0.2) is 28.0 Å². The second-order valence-corrected chi connectivity index (χ2v) is 8.92. The zero-order chi connectivity index (χ0) is 17.8. The van der Waals surface area contributed by atoms with Gasteiger partial charge in [0.2, 0.25) is 15.9 Å². The second kappa shape index (κ2) is 7.39. The first-order valence-corrected chi connectivity index (χ1v) is 9.91. The van der Waals surface area contributed by atoms with Gasteiger partial charge < -0.3 is 10.5 Å². The largest absolute Gasteiger partial charge is 0.383 e. The Morgan fingerprint density at radius 3 is 2.35 bits per heavy atom. The van der Waals surface area contributed by atoms with Gasteiger partial charge in [0.05, 0.1) is 22.9 Å². The molecule has 1 aromatic carbocycles. The van der Waals surface area contributed by atoms with Gasteiger partial charge in [-0.05, 0) is 24.6 Å². The number of carbonyl (C=O) groups is 1. The van der Waals surface area contributed by atoms with Crippen LogP contribution in [0.2, 0.25) is 0 Å². The van der Waals surface area contributed by atoms with Gasteiger partial charge in [0, 0.05) is 19.9 Å². The maximum absolute atomic E-state index is 12.7. The van der Waals surface area contributed by atoms with E-state index in [4.69, 9.17) is 10.5 Å². The molecule has 0 bridgehead atoms. The van der Waals surface area contributed by atoms with Crippen LogP contribution in [-0.4, -0.2) is 60.1 Å². The maximum Gasteiger partial charge on any atom is 0.243 e. The standard InChI is InChI=1S/C13H20N2O6S2/c1-10-4-5-11(22(3,17)18)8-12(10)23(19,20)15(6-7-21-2)9-13(14)16/h4-5,8H,6-7,9H2,1-3H3,(H2,14,16). The van der Waals surface area contributed by atoms with Gasteiger partial charge in [0.25, 0.3) is 0 Å². The van der Waals surface area contributed by atoms with Crippen LogP contribution in [0.3, 0.4) is 0 Å². The van der Waals surface area contributed by atoms with Crippen LogP contribution in [0.5, 0.6) is 0 Å². The number of aryl methyl sites for hydroxylation is 1. The third kappa shape index (κ3) is 4.99. The summed E-state index contributed by atoms with van der Waals surface area (Å²) in [5.74, 6) is -0.818. The van der Waals surface area contributed by atoms with E-state index in [1.807, 2.05) is 0 Å². The summed E-state index contributed by atoms with van der Waals surface area (Å²) in [5.41, 5.74) is 5.46. The molecule has 130 valence electrons. The van der Waals surface area contributed by atoms with Crippen LogP contribution >= 0.6 is 0 Å². The molecule has 0 aliphatic rings. The predicted molar refractivity (Wildman–Crippen MR) is 84.1 cm³/mol. The van der Waals surface area contributed by atoms with Crippen molar-refractivity contribution in [3.05, 3.63) is 23.8 Å². The third-order valence-corrected chi connectivity index (χ3v) is 6.18. The minimum atomic E-state index is -4.09. The number of nitrogens with two attached hydrogens (primary N) is 1. The van der Waals surface area contributed by atoms with Crippen molar-refractivity contribution >= 4 is 25.8 Å². The fourth-order valence-corrected chi connectivity index (χ4v) is 4.24. The summed E-state index contributed by atoms with van der Waals surface area (Å²) in [6, 6.07) is 3.82. The zero-order valence-corrected chi connectivity index (χ0v) is 14.8. The molecule has 0 radical (unpaired) electrons. The Balaban J connectivity index is 3.41. The number of rotatable bonds is 8. The average molecular weight is 364 g/mol. The summed E-state index contributed by atoms with van der Waals surface area (Å²) in [5, 5.41) is 0. The van der Waals surface area contributed by atoms with E-state index in [0.717, 1.165) is 16.6 Å². The maximum atomic E-state index is 12.7. The highest BCUT2D eigenvalue weighted by Gasteiger charge is 2.28. The van der Waals surface area contributed by atoms with Gasteiger partial charge in [-0.3, -0.25) is 4.79 Å². The summed E-state index contributed by atoms with van der Waals surface area (Å²) in [6.07, 6.45) is 0.986. The lowest BCUT2D eigenvalue weighted by Crippen LogP contribution is -2.40. The molecule has 0 fully saturated rings. The molecule has 1 rings (SSSR count). The van der Waals surface area contributed by atoms with E-state index in [0.29, 0.717) is 5.56 Å². The number of nitrogens with zero attached hydrogens (tertiary/aromatic N) is 1. The molecule has 0 spiro atoms. The van der Waals surface area contributed by atoms with Gasteiger partial charge in [-0.15, -0.1) is 0 Å². The van der Waals surface area contributed by atoms with E-state index < -0.39 is 32.3 Å². The van der Waals surface area contributed by atoms with Crippen LogP contribution in [0.1, 0.15) is 5.56 Å². The number of carbonyl (C=O) groups excluding carboxylic acids is 1. The van der Waals surface area contributed by atoms with Crippen molar-refractivity contribution in [3.63, 3.8) is 0 Å². The lowest BCUT2D eigenvalue weighted by atomic mass is 10.2. The Kier molecular flexibility index (Phi) is 6.28. The Hall–Kier alpha value is -1.49. The average Bonchev–Trinajstić information content (AvgIpc) is 2.41. The number of hydrogen-bond donors (Lipinski definition) is 1. The number of primary amides is 1. The molecule has 2 N–H and O–H groups in total. The van der Waals surface area contributed by atoms with Crippen molar-refractivity contribution < 1.29 is 26.4 Å². The van der Waals surface area contributed by atoms with E-state index in [1.54, 1.807) is 0 Å². The number of ether oxygens (including phenoxy) is 1. The number of amides is 1. The SMILES string of the molecule is COCCN(CC(N)=O)S(=O)(=O)c1cc(S(C)(=O)=O)ccc1C. The van der Waals surface area contributed by atoms with Crippen molar-refractivity contribution in [1.29, 1.82) is 0 Å². The van der Waals surface area contributed by atoms with Crippen LogP contribution < -0.4 is 5.73 Å². The van der Waals surface area contributed by atoms with Crippen molar-refractivity contribution in [2.75, 3.05) is 33.1 Å². The highest BCUT2D eigenvalue weighted by molar-refractivity contribution is 7.91. The fraction of sp³-hybridized carbons (Fsp3) is 0.462. The highest BCUT2D eigenvalue weighted by atomic mass is 32.2. The number of benzene rings is 1. The molecule has 0 saturated carbocycles. The van der Waals surface area contributed by atoms with E-state index >= 15 is 0 Å². The van der Waals surface area contributed by atoms with Crippen molar-refractivity contribution in [2.24, 2.45) is 5.73 Å². The molecule has 0 unspecified atom stereocenters. The van der Waals surface area contributed by atoms with Gasteiger partial charge in [-0.1, -0.05) is 6.07 Å². The smallest absolute Gasteiger partial charge is 0.243 e. The molecular formula is C13H20N2O6S2. The summed E-state index contributed by atoms with van der Waals surface area (Å²) in [6.45, 7) is 1.01. The first kappa shape index (κ1) is 19.6. The van der Waals surface area contributed by atoms with E-state index in [9.17, 15) is 21.6 Å². The molecule has 0 aliphatic carbocycles. The molecule has 0 aromatic heterocycles. The zero-order valence-electron chi connectivity index (χ0n) is 13.1. The Labute approximate surface area is 136 Å². The molecule has 0 aliphatic heterocycles. The first-order chi connectivity index (χ1) is 10.5. The van der Waals surface area contributed by atoms with Crippen molar-refractivity contribution in [2.45, 2.75) is 16.7 Å². The van der Waals surface area contributed by atoms with Gasteiger partial charge in [-0.2, -0.15) is 4.31 Å². The van der Waals surface area contributed by atoms with Crippen molar-refractivity contribution in [3.8, 4) is 0 Å². The summed E-state index contributed by atoms with van der Waals surface area (Å²) in [4.78, 5) is 10.8. The molecule has 10 heteroatoms. The van der Waals surface area contributed by atoms with Gasteiger partial charge in [0.15, 0.2) is 9.84 Å². The Morgan fingerprint density at radius 1 is 1.26 bits per heavy atom. The van der Waals surface area contributed by atoms with Crippen LogP contribution in [0.25, 0.3) is 0 Å². The van der Waals surface area contributed by atoms with E-state index in [2.05, 4.69) is 0 Å². The molecule has 1 aromatic rings. The molecule has 1 amide bonds. The highest BCUT2D eigenvalue weighted by Crippen LogP contribution is 2.23. The summed E-state index contributed by atoms with van der Waals surface area (Å²) < 4.78 is 54.5. The number of sulfone groups is 1.